The van der Waals surface area contributed by atoms with E-state index in [0.29, 0.717) is 5.56 Å². The molecule has 0 fully saturated rings. The van der Waals surface area contributed by atoms with Crippen LogP contribution in [0.2, 0.25) is 0 Å². The van der Waals surface area contributed by atoms with E-state index in [9.17, 15) is 20.3 Å². The van der Waals surface area contributed by atoms with Gasteiger partial charge >= 0.3 is 5.69 Å². The predicted molar refractivity (Wildman–Crippen MR) is 55.1 cm³/mol. The topological polar surface area (TPSA) is 83.6 Å². The van der Waals surface area contributed by atoms with E-state index in [0.717, 1.165) is 0 Å². The predicted octanol–water partition coefficient (Wildman–Crippen LogP) is 2.30. The van der Waals surface area contributed by atoms with Crippen LogP contribution < -0.4 is 0 Å². The summed E-state index contributed by atoms with van der Waals surface area (Å²) in [5, 5.41) is 29.4. The maximum Gasteiger partial charge on any atom is 0.318 e. The number of nitro benzene ring substituents is 1. The fourth-order valence-electron chi connectivity index (χ4n) is 1.36. The Balaban J connectivity index is 3.55. The Morgan fingerprint density at radius 3 is 2.20 bits per heavy atom. The molecule has 2 N–H and O–H groups in total. The van der Waals surface area contributed by atoms with Crippen LogP contribution in [-0.2, 0) is 5.41 Å². The Hall–Kier alpha value is -1.78. The Morgan fingerprint density at radius 1 is 1.27 bits per heavy atom. The van der Waals surface area contributed by atoms with Crippen LogP contribution in [0.4, 0.5) is 5.69 Å². The molecule has 0 bridgehead atoms. The van der Waals surface area contributed by atoms with Gasteiger partial charge in [0.15, 0.2) is 5.75 Å². The highest BCUT2D eigenvalue weighted by molar-refractivity contribution is 5.60. The van der Waals surface area contributed by atoms with Gasteiger partial charge in [0.1, 0.15) is 0 Å². The van der Waals surface area contributed by atoms with E-state index < -0.39 is 27.5 Å². The normalized spacial score (nSPS) is 11.4. The van der Waals surface area contributed by atoms with Crippen LogP contribution in [0, 0.1) is 10.1 Å². The van der Waals surface area contributed by atoms with Crippen molar-refractivity contribution >= 4 is 5.69 Å². The number of hydrogen-bond acceptors (Lipinski definition) is 4. The number of hydrogen-bond donors (Lipinski definition) is 2. The third-order valence-corrected chi connectivity index (χ3v) is 2.12. The summed E-state index contributed by atoms with van der Waals surface area (Å²) in [4.78, 5) is 10.1. The largest absolute Gasteiger partial charge is 0.504 e. The Kier molecular flexibility index (Phi) is 2.57. The lowest BCUT2D eigenvalue weighted by atomic mass is 9.85. The van der Waals surface area contributed by atoms with Gasteiger partial charge in [-0.1, -0.05) is 20.8 Å². The number of nitro groups is 1. The van der Waals surface area contributed by atoms with Gasteiger partial charge in [0.2, 0.25) is 5.75 Å². The molecule has 1 aromatic carbocycles. The van der Waals surface area contributed by atoms with Crippen LogP contribution in [0.5, 0.6) is 11.5 Å². The standard InChI is InChI=1S/C10H13NO4/c1-10(2,3)6-4-5-7(12)9(13)8(6)11(14)15/h4-5,12-13H,1-3H3. The van der Waals surface area contributed by atoms with Crippen molar-refractivity contribution < 1.29 is 15.1 Å². The minimum atomic E-state index is -0.685. The number of benzene rings is 1. The van der Waals surface area contributed by atoms with E-state index in [1.807, 2.05) is 0 Å². The third-order valence-electron chi connectivity index (χ3n) is 2.12. The zero-order chi connectivity index (χ0) is 11.8. The van der Waals surface area contributed by atoms with Crippen LogP contribution in [0.3, 0.4) is 0 Å². The van der Waals surface area contributed by atoms with Crippen LogP contribution in [0.15, 0.2) is 12.1 Å². The smallest absolute Gasteiger partial charge is 0.318 e. The molecule has 5 nitrogen and oxygen atoms in total. The summed E-state index contributed by atoms with van der Waals surface area (Å²) in [7, 11) is 0. The SMILES string of the molecule is CC(C)(C)c1ccc(O)c(O)c1[N+](=O)[O-]. The van der Waals surface area contributed by atoms with Gasteiger partial charge in [0.25, 0.3) is 0 Å². The first-order valence-corrected chi connectivity index (χ1v) is 4.45. The van der Waals surface area contributed by atoms with Crippen molar-refractivity contribution in [2.24, 2.45) is 0 Å². The highest BCUT2D eigenvalue weighted by atomic mass is 16.6. The van der Waals surface area contributed by atoms with Crippen LogP contribution in [-0.4, -0.2) is 15.1 Å². The van der Waals surface area contributed by atoms with E-state index in [1.54, 1.807) is 20.8 Å². The molecule has 15 heavy (non-hydrogen) atoms. The van der Waals surface area contributed by atoms with Crippen molar-refractivity contribution in [2.45, 2.75) is 26.2 Å². The molecule has 0 saturated heterocycles. The zero-order valence-corrected chi connectivity index (χ0v) is 8.81. The van der Waals surface area contributed by atoms with Gasteiger partial charge in [-0.15, -0.1) is 0 Å². The highest BCUT2D eigenvalue weighted by Crippen LogP contribution is 2.42. The molecule has 0 aliphatic heterocycles. The van der Waals surface area contributed by atoms with Crippen molar-refractivity contribution in [2.75, 3.05) is 0 Å². The van der Waals surface area contributed by atoms with Crippen molar-refractivity contribution in [3.05, 3.63) is 27.8 Å². The lowest BCUT2D eigenvalue weighted by Crippen LogP contribution is -2.13. The molecule has 0 heterocycles. The Labute approximate surface area is 87.1 Å². The fourth-order valence-corrected chi connectivity index (χ4v) is 1.36. The minimum absolute atomic E-state index is 0.391. The van der Waals surface area contributed by atoms with Gasteiger partial charge in [-0.05, 0) is 17.5 Å². The van der Waals surface area contributed by atoms with E-state index >= 15 is 0 Å². The Morgan fingerprint density at radius 2 is 1.80 bits per heavy atom. The van der Waals surface area contributed by atoms with Crippen LogP contribution in [0.1, 0.15) is 26.3 Å². The summed E-state index contributed by atoms with van der Waals surface area (Å²) in [6.07, 6.45) is 0. The molecular weight excluding hydrogens is 198 g/mol. The summed E-state index contributed by atoms with van der Waals surface area (Å²) in [6, 6.07) is 2.70. The lowest BCUT2D eigenvalue weighted by Gasteiger charge is -2.19. The molecule has 82 valence electrons. The van der Waals surface area contributed by atoms with E-state index in [-0.39, 0.29) is 0 Å². The summed E-state index contributed by atoms with van der Waals surface area (Å²) in [6.45, 7) is 5.39. The molecule has 0 saturated carbocycles. The quantitative estimate of drug-likeness (QED) is 0.424. The lowest BCUT2D eigenvalue weighted by molar-refractivity contribution is -0.387. The van der Waals surface area contributed by atoms with Crippen molar-refractivity contribution in [3.8, 4) is 11.5 Å². The highest BCUT2D eigenvalue weighted by Gasteiger charge is 2.29. The number of phenols is 2. The first-order chi connectivity index (χ1) is 6.75. The molecule has 1 rings (SSSR count). The molecule has 0 aliphatic carbocycles. The summed E-state index contributed by atoms with van der Waals surface area (Å²) in [5.41, 5.74) is -0.501. The second kappa shape index (κ2) is 3.42. The summed E-state index contributed by atoms with van der Waals surface area (Å²) < 4.78 is 0. The van der Waals surface area contributed by atoms with Crippen molar-refractivity contribution in [3.63, 3.8) is 0 Å². The second-order valence-corrected chi connectivity index (χ2v) is 4.34. The summed E-state index contributed by atoms with van der Waals surface area (Å²) >= 11 is 0. The van der Waals surface area contributed by atoms with Gasteiger partial charge in [-0.3, -0.25) is 10.1 Å². The van der Waals surface area contributed by atoms with Crippen LogP contribution in [0.25, 0.3) is 0 Å². The average molecular weight is 211 g/mol. The monoisotopic (exact) mass is 211 g/mol. The maximum atomic E-state index is 10.8. The third kappa shape index (κ3) is 2.01. The number of nitrogens with zero attached hydrogens (tertiary/aromatic N) is 1. The maximum absolute atomic E-state index is 10.8. The first-order valence-electron chi connectivity index (χ1n) is 4.45. The van der Waals surface area contributed by atoms with E-state index in [2.05, 4.69) is 0 Å². The van der Waals surface area contributed by atoms with Crippen LogP contribution >= 0.6 is 0 Å². The van der Waals surface area contributed by atoms with Gasteiger partial charge in [-0.2, -0.15) is 0 Å². The van der Waals surface area contributed by atoms with Gasteiger partial charge < -0.3 is 10.2 Å². The molecule has 1 aromatic rings. The molecule has 0 unspecified atom stereocenters. The molecule has 0 amide bonds. The zero-order valence-electron chi connectivity index (χ0n) is 8.81. The number of phenolic OH excluding ortho intramolecular Hbond substituents is 2. The van der Waals surface area contributed by atoms with E-state index in [4.69, 9.17) is 0 Å². The summed E-state index contributed by atoms with van der Waals surface area (Å²) in [5.74, 6) is -1.15. The number of aromatic hydroxyl groups is 2. The molecule has 0 atom stereocenters. The molecular formula is C10H13NO4. The van der Waals surface area contributed by atoms with Crippen molar-refractivity contribution in [1.29, 1.82) is 0 Å². The molecule has 0 radical (unpaired) electrons. The van der Waals surface area contributed by atoms with E-state index in [1.165, 1.54) is 12.1 Å². The van der Waals surface area contributed by atoms with Crippen molar-refractivity contribution in [1.82, 2.24) is 0 Å². The second-order valence-electron chi connectivity index (χ2n) is 4.34. The average Bonchev–Trinajstić information content (AvgIpc) is 2.06. The molecule has 0 spiro atoms. The number of rotatable bonds is 1. The minimum Gasteiger partial charge on any atom is -0.504 e. The molecule has 0 aliphatic rings. The van der Waals surface area contributed by atoms with Gasteiger partial charge in [-0.25, -0.2) is 0 Å². The van der Waals surface area contributed by atoms with Gasteiger partial charge in [0.05, 0.1) is 4.92 Å². The molecule has 5 heteroatoms. The van der Waals surface area contributed by atoms with Gasteiger partial charge in [0, 0.05) is 5.56 Å². The molecule has 0 aromatic heterocycles. The fraction of sp³-hybridized carbons (Fsp3) is 0.400. The Bertz CT molecular complexity index is 407. The first kappa shape index (κ1) is 11.3.